The normalized spacial score (nSPS) is 29.4. The van der Waals surface area contributed by atoms with E-state index in [0.717, 1.165) is 27.5 Å². The average molecular weight is 447 g/mol. The predicted octanol–water partition coefficient (Wildman–Crippen LogP) is 4.01. The largest absolute Gasteiger partial charge is 0.298 e. The molecule has 4 atom stereocenters. The van der Waals surface area contributed by atoms with E-state index in [2.05, 4.69) is 9.97 Å². The number of fused-ring (bicyclic) bond motifs is 13. The summed E-state index contributed by atoms with van der Waals surface area (Å²) in [4.78, 5) is 52.7. The van der Waals surface area contributed by atoms with Crippen molar-refractivity contribution in [2.45, 2.75) is 31.6 Å². The fraction of sp³-hybridized carbons (Fsp3) is 0.250. The summed E-state index contributed by atoms with van der Waals surface area (Å²) < 4.78 is 0. The van der Waals surface area contributed by atoms with Gasteiger partial charge in [-0.05, 0) is 55.7 Å². The van der Waals surface area contributed by atoms with E-state index >= 15 is 0 Å². The number of anilines is 1. The molecule has 0 N–H and O–H groups in total. The number of hydrogen-bond donors (Lipinski definition) is 0. The first-order valence-electron chi connectivity index (χ1n) is 11.5. The Hall–Kier alpha value is -3.93. The molecule has 2 aliphatic carbocycles. The summed E-state index contributed by atoms with van der Waals surface area (Å²) in [5, 5.41) is 1.66. The zero-order valence-electron chi connectivity index (χ0n) is 19.0. The van der Waals surface area contributed by atoms with E-state index in [1.165, 1.54) is 4.90 Å². The van der Waals surface area contributed by atoms with Crippen LogP contribution in [0.5, 0.6) is 0 Å². The van der Waals surface area contributed by atoms with E-state index < -0.39 is 22.7 Å². The standard InChI is InChI=1S/C28H21N3O3/c1-14-8-4-5-11-17(14)31-24(32)20-21(25(31)33)28(3)19-16-10-7-13-30-23(16)22-15(9-6-12-29-22)18(19)27(20,2)26(28)34/h4-13,20-21H,1-3H3/t20?,21?,27-,28+. The summed E-state index contributed by atoms with van der Waals surface area (Å²) in [7, 11) is 0. The third kappa shape index (κ3) is 1.86. The van der Waals surface area contributed by atoms with Crippen molar-refractivity contribution >= 4 is 45.1 Å². The van der Waals surface area contributed by atoms with E-state index in [9.17, 15) is 14.4 Å². The number of aryl methyl sites for hydroxylation is 1. The first-order valence-corrected chi connectivity index (χ1v) is 11.5. The maximum atomic E-state index is 14.2. The summed E-state index contributed by atoms with van der Waals surface area (Å²) in [6.45, 7) is 5.59. The zero-order valence-corrected chi connectivity index (χ0v) is 19.0. The van der Waals surface area contributed by atoms with E-state index in [1.807, 2.05) is 63.2 Å². The Morgan fingerprint density at radius 2 is 1.24 bits per heavy atom. The number of Topliss-reactive ketones (excluding diaryl/α,β-unsaturated/α-hetero) is 1. The Kier molecular flexibility index (Phi) is 3.42. The van der Waals surface area contributed by atoms with E-state index in [1.54, 1.807) is 18.5 Å². The van der Waals surface area contributed by atoms with Crippen molar-refractivity contribution in [2.75, 3.05) is 4.90 Å². The minimum atomic E-state index is -1.12. The molecule has 1 aliphatic heterocycles. The highest BCUT2D eigenvalue weighted by Crippen LogP contribution is 2.68. The molecule has 0 spiro atoms. The smallest absolute Gasteiger partial charge is 0.239 e. The number of pyridine rings is 2. The van der Waals surface area contributed by atoms with Gasteiger partial charge in [-0.15, -0.1) is 0 Å². The van der Waals surface area contributed by atoms with Crippen LogP contribution in [0, 0.1) is 18.8 Å². The molecule has 2 bridgehead atoms. The molecule has 2 fully saturated rings. The Balaban J connectivity index is 1.59. The van der Waals surface area contributed by atoms with E-state index in [0.29, 0.717) is 16.7 Å². The van der Waals surface area contributed by atoms with Gasteiger partial charge in [-0.3, -0.25) is 24.4 Å². The summed E-state index contributed by atoms with van der Waals surface area (Å²) in [6.07, 6.45) is 3.43. The number of imide groups is 1. The second-order valence-electron chi connectivity index (χ2n) is 10.0. The van der Waals surface area contributed by atoms with Crippen molar-refractivity contribution in [1.82, 2.24) is 9.97 Å². The van der Waals surface area contributed by atoms with Crippen LogP contribution in [-0.2, 0) is 25.2 Å². The van der Waals surface area contributed by atoms with Crippen molar-refractivity contribution in [2.24, 2.45) is 11.8 Å². The Bertz CT molecular complexity index is 1550. The molecule has 7 rings (SSSR count). The molecular formula is C28H21N3O3. The van der Waals surface area contributed by atoms with Gasteiger partial charge in [0, 0.05) is 23.2 Å². The first-order chi connectivity index (χ1) is 16.3. The molecule has 4 aromatic rings. The topological polar surface area (TPSA) is 80.2 Å². The maximum absolute atomic E-state index is 14.2. The van der Waals surface area contributed by atoms with Crippen LogP contribution in [0.4, 0.5) is 5.69 Å². The minimum absolute atomic E-state index is 0.0577. The van der Waals surface area contributed by atoms with Crippen molar-refractivity contribution < 1.29 is 14.4 Å². The maximum Gasteiger partial charge on any atom is 0.239 e. The first kappa shape index (κ1) is 19.5. The molecule has 0 radical (unpaired) electrons. The monoisotopic (exact) mass is 447 g/mol. The summed E-state index contributed by atoms with van der Waals surface area (Å²) in [5.74, 6) is -2.14. The molecule has 2 aromatic heterocycles. The van der Waals surface area contributed by atoms with Crippen molar-refractivity contribution in [1.29, 1.82) is 0 Å². The molecule has 6 nitrogen and oxygen atoms in total. The molecule has 166 valence electrons. The SMILES string of the molecule is Cc1ccccc1N1C(=O)C2C(C1=O)[C@]1(C)C(=O)[C@@]2(C)c2c1c1cccnc1c1ncccc21. The van der Waals surface area contributed by atoms with Crippen molar-refractivity contribution in [3.8, 4) is 0 Å². The van der Waals surface area contributed by atoms with Crippen LogP contribution in [0.3, 0.4) is 0 Å². The van der Waals surface area contributed by atoms with Gasteiger partial charge >= 0.3 is 0 Å². The van der Waals surface area contributed by atoms with E-state index in [4.69, 9.17) is 0 Å². The quantitative estimate of drug-likeness (QED) is 0.325. The van der Waals surface area contributed by atoms with Gasteiger partial charge in [-0.1, -0.05) is 30.3 Å². The molecule has 34 heavy (non-hydrogen) atoms. The second-order valence-corrected chi connectivity index (χ2v) is 10.0. The van der Waals surface area contributed by atoms with Gasteiger partial charge in [0.05, 0.1) is 39.4 Å². The Labute approximate surface area is 195 Å². The lowest BCUT2D eigenvalue weighted by Crippen LogP contribution is -2.42. The third-order valence-corrected chi connectivity index (χ3v) is 8.52. The lowest BCUT2D eigenvalue weighted by molar-refractivity contribution is -0.131. The van der Waals surface area contributed by atoms with Crippen LogP contribution < -0.4 is 4.90 Å². The van der Waals surface area contributed by atoms with Crippen molar-refractivity contribution in [3.63, 3.8) is 0 Å². The Morgan fingerprint density at radius 1 is 0.735 bits per heavy atom. The molecule has 2 unspecified atom stereocenters. The molecule has 6 heteroatoms. The number of benzene rings is 2. The lowest BCUT2D eigenvalue weighted by atomic mass is 9.64. The number of carbonyl (C=O) groups is 3. The molecule has 2 aromatic carbocycles. The summed E-state index contributed by atoms with van der Waals surface area (Å²) in [5.41, 5.74) is 2.29. The zero-order chi connectivity index (χ0) is 23.6. The van der Waals surface area contributed by atoms with E-state index in [-0.39, 0.29) is 17.6 Å². The fourth-order valence-electron chi connectivity index (χ4n) is 7.18. The van der Waals surface area contributed by atoms with Gasteiger partial charge in [-0.2, -0.15) is 0 Å². The highest BCUT2D eigenvalue weighted by Gasteiger charge is 2.78. The molecule has 3 aliphatic rings. The van der Waals surface area contributed by atoms with Gasteiger partial charge in [0.2, 0.25) is 11.8 Å². The number of carbonyl (C=O) groups excluding carboxylic acids is 3. The number of hydrogen-bond acceptors (Lipinski definition) is 5. The van der Waals surface area contributed by atoms with Crippen LogP contribution >= 0.6 is 0 Å². The number of aromatic nitrogens is 2. The number of nitrogens with zero attached hydrogens (tertiary/aromatic N) is 3. The van der Waals surface area contributed by atoms with Gasteiger partial charge < -0.3 is 0 Å². The Morgan fingerprint density at radius 3 is 1.74 bits per heavy atom. The highest BCUT2D eigenvalue weighted by molar-refractivity contribution is 6.31. The minimum Gasteiger partial charge on any atom is -0.298 e. The van der Waals surface area contributed by atoms with Gasteiger partial charge in [0.15, 0.2) is 5.78 Å². The van der Waals surface area contributed by atoms with Crippen LogP contribution in [0.25, 0.3) is 21.8 Å². The highest BCUT2D eigenvalue weighted by atomic mass is 16.2. The molecule has 3 heterocycles. The molecule has 1 saturated carbocycles. The van der Waals surface area contributed by atoms with Crippen LogP contribution in [0.2, 0.25) is 0 Å². The number of amides is 2. The number of rotatable bonds is 1. The van der Waals surface area contributed by atoms with Crippen LogP contribution in [0.15, 0.2) is 60.9 Å². The third-order valence-electron chi connectivity index (χ3n) is 8.52. The van der Waals surface area contributed by atoms with Crippen LogP contribution in [0.1, 0.15) is 30.5 Å². The molecular weight excluding hydrogens is 426 g/mol. The molecule has 2 amide bonds. The fourth-order valence-corrected chi connectivity index (χ4v) is 7.18. The van der Waals surface area contributed by atoms with Gasteiger partial charge in [0.1, 0.15) is 0 Å². The lowest BCUT2D eigenvalue weighted by Gasteiger charge is -2.34. The van der Waals surface area contributed by atoms with Crippen molar-refractivity contribution in [3.05, 3.63) is 77.6 Å². The van der Waals surface area contributed by atoms with Gasteiger partial charge in [0.25, 0.3) is 0 Å². The van der Waals surface area contributed by atoms with Crippen LogP contribution in [-0.4, -0.2) is 27.6 Å². The molecule has 1 saturated heterocycles. The number of para-hydroxylation sites is 1. The average Bonchev–Trinajstić information content (AvgIpc) is 3.29. The van der Waals surface area contributed by atoms with Gasteiger partial charge in [-0.25, -0.2) is 4.90 Å². The number of ketones is 1. The predicted molar refractivity (Wildman–Crippen MR) is 127 cm³/mol. The summed E-state index contributed by atoms with van der Waals surface area (Å²) >= 11 is 0. The summed E-state index contributed by atoms with van der Waals surface area (Å²) in [6, 6.07) is 15.0. The second kappa shape index (κ2) is 5.95.